The topological polar surface area (TPSA) is 41.6 Å². The second kappa shape index (κ2) is 5.86. The van der Waals surface area contributed by atoms with Gasteiger partial charge in [0, 0.05) is 6.54 Å². The smallest absolute Gasteiger partial charge is 0.407 e. The number of hydrogen-bond acceptors (Lipinski definition) is 3. The van der Waals surface area contributed by atoms with E-state index in [0.717, 1.165) is 13.0 Å². The lowest BCUT2D eigenvalue weighted by Gasteiger charge is -2.19. The summed E-state index contributed by atoms with van der Waals surface area (Å²) in [5.74, 6) is 0. The fourth-order valence-corrected chi connectivity index (χ4v) is 0.900. The maximum Gasteiger partial charge on any atom is 0.407 e. The summed E-state index contributed by atoms with van der Waals surface area (Å²) in [6, 6.07) is 0. The van der Waals surface area contributed by atoms with Crippen LogP contribution in [-0.4, -0.2) is 43.8 Å². The van der Waals surface area contributed by atoms with Crippen molar-refractivity contribution in [3.63, 3.8) is 0 Å². The number of amides is 1. The highest BCUT2D eigenvalue weighted by Crippen LogP contribution is 2.06. The van der Waals surface area contributed by atoms with E-state index in [1.807, 2.05) is 34.9 Å². The first-order chi connectivity index (χ1) is 6.31. The zero-order valence-electron chi connectivity index (χ0n) is 9.89. The van der Waals surface area contributed by atoms with E-state index < -0.39 is 5.60 Å². The van der Waals surface area contributed by atoms with Crippen LogP contribution in [0.5, 0.6) is 0 Å². The molecule has 14 heavy (non-hydrogen) atoms. The van der Waals surface area contributed by atoms with Crippen LogP contribution in [0.2, 0.25) is 0 Å². The minimum atomic E-state index is -0.411. The van der Waals surface area contributed by atoms with Gasteiger partial charge in [0.25, 0.3) is 0 Å². The third-order valence-corrected chi connectivity index (χ3v) is 1.45. The van der Waals surface area contributed by atoms with Crippen LogP contribution in [0.25, 0.3) is 0 Å². The second-order valence-electron chi connectivity index (χ2n) is 4.59. The molecule has 0 fully saturated rings. The predicted molar refractivity (Wildman–Crippen MR) is 57.4 cm³/mol. The van der Waals surface area contributed by atoms with Gasteiger partial charge in [-0.05, 0) is 47.8 Å². The van der Waals surface area contributed by atoms with Crippen molar-refractivity contribution >= 4 is 6.09 Å². The standard InChI is InChI=1S/C10H22N2O2/c1-10(2,3)14-9(13)11-7-6-8-12(4)5/h6-8H2,1-5H3,(H,11,13). The molecule has 0 aliphatic heterocycles. The normalized spacial score (nSPS) is 11.6. The molecule has 0 heterocycles. The molecule has 4 nitrogen and oxygen atoms in total. The lowest BCUT2D eigenvalue weighted by atomic mass is 10.2. The van der Waals surface area contributed by atoms with Crippen molar-refractivity contribution in [2.24, 2.45) is 0 Å². The molecule has 0 aromatic heterocycles. The van der Waals surface area contributed by atoms with E-state index in [2.05, 4.69) is 10.2 Å². The molecule has 0 aromatic carbocycles. The molecule has 0 atom stereocenters. The third-order valence-electron chi connectivity index (χ3n) is 1.45. The molecule has 0 aliphatic carbocycles. The van der Waals surface area contributed by atoms with E-state index in [1.165, 1.54) is 0 Å². The van der Waals surface area contributed by atoms with Crippen LogP contribution < -0.4 is 5.32 Å². The summed E-state index contributed by atoms with van der Waals surface area (Å²) in [6.07, 6.45) is 0.600. The average molecular weight is 202 g/mol. The molecule has 0 unspecified atom stereocenters. The van der Waals surface area contributed by atoms with Gasteiger partial charge in [-0.1, -0.05) is 0 Å². The molecule has 0 radical (unpaired) electrons. The molecule has 0 saturated carbocycles. The number of carbonyl (C=O) groups is 1. The van der Waals surface area contributed by atoms with Crippen LogP contribution in [0.4, 0.5) is 4.79 Å². The van der Waals surface area contributed by atoms with E-state index in [9.17, 15) is 4.79 Å². The summed E-state index contributed by atoms with van der Waals surface area (Å²) in [5.41, 5.74) is -0.411. The Hall–Kier alpha value is -0.770. The Morgan fingerprint density at radius 3 is 2.36 bits per heavy atom. The first-order valence-electron chi connectivity index (χ1n) is 4.93. The van der Waals surface area contributed by atoms with E-state index in [-0.39, 0.29) is 6.09 Å². The SMILES string of the molecule is CN(C)CCCNC(=O)OC(C)(C)C. The summed E-state index contributed by atoms with van der Waals surface area (Å²) < 4.78 is 5.08. The monoisotopic (exact) mass is 202 g/mol. The zero-order valence-corrected chi connectivity index (χ0v) is 9.89. The van der Waals surface area contributed by atoms with Crippen molar-refractivity contribution in [1.82, 2.24) is 10.2 Å². The van der Waals surface area contributed by atoms with Gasteiger partial charge in [-0.15, -0.1) is 0 Å². The van der Waals surface area contributed by atoms with Crippen LogP contribution in [0.15, 0.2) is 0 Å². The summed E-state index contributed by atoms with van der Waals surface area (Å²) in [6.45, 7) is 7.19. The molecular formula is C10H22N2O2. The van der Waals surface area contributed by atoms with Gasteiger partial charge in [0.2, 0.25) is 0 Å². The van der Waals surface area contributed by atoms with E-state index in [4.69, 9.17) is 4.74 Å². The molecule has 0 saturated heterocycles. The van der Waals surface area contributed by atoms with Gasteiger partial charge in [0.15, 0.2) is 0 Å². The number of carbonyl (C=O) groups excluding carboxylic acids is 1. The van der Waals surface area contributed by atoms with Crippen molar-refractivity contribution in [3.05, 3.63) is 0 Å². The first-order valence-corrected chi connectivity index (χ1v) is 4.93. The van der Waals surface area contributed by atoms with Gasteiger partial charge in [-0.25, -0.2) is 4.79 Å². The Morgan fingerprint density at radius 1 is 1.36 bits per heavy atom. The Balaban J connectivity index is 3.46. The van der Waals surface area contributed by atoms with Crippen LogP contribution in [0, 0.1) is 0 Å². The Kier molecular flexibility index (Phi) is 5.53. The molecule has 0 rings (SSSR count). The van der Waals surface area contributed by atoms with Crippen molar-refractivity contribution in [3.8, 4) is 0 Å². The summed E-state index contributed by atoms with van der Waals surface area (Å²) in [4.78, 5) is 13.2. The van der Waals surface area contributed by atoms with Gasteiger partial charge in [-0.2, -0.15) is 0 Å². The van der Waals surface area contributed by atoms with Gasteiger partial charge < -0.3 is 15.0 Å². The van der Waals surface area contributed by atoms with Crippen molar-refractivity contribution in [2.75, 3.05) is 27.2 Å². The first kappa shape index (κ1) is 13.2. The fraction of sp³-hybridized carbons (Fsp3) is 0.900. The van der Waals surface area contributed by atoms with Gasteiger partial charge in [0.05, 0.1) is 0 Å². The second-order valence-corrected chi connectivity index (χ2v) is 4.59. The zero-order chi connectivity index (χ0) is 11.2. The van der Waals surface area contributed by atoms with E-state index >= 15 is 0 Å². The summed E-state index contributed by atoms with van der Waals surface area (Å²) in [5, 5.41) is 2.71. The Bertz CT molecular complexity index is 173. The van der Waals surface area contributed by atoms with Gasteiger partial charge >= 0.3 is 6.09 Å². The van der Waals surface area contributed by atoms with Gasteiger partial charge in [-0.3, -0.25) is 0 Å². The molecule has 84 valence electrons. The number of nitrogens with zero attached hydrogens (tertiary/aromatic N) is 1. The maximum absolute atomic E-state index is 11.2. The van der Waals surface area contributed by atoms with Crippen LogP contribution in [-0.2, 0) is 4.74 Å². The molecule has 4 heteroatoms. The minimum Gasteiger partial charge on any atom is -0.444 e. The number of rotatable bonds is 4. The van der Waals surface area contributed by atoms with Crippen molar-refractivity contribution in [1.29, 1.82) is 0 Å². The van der Waals surface area contributed by atoms with Gasteiger partial charge in [0.1, 0.15) is 5.60 Å². The van der Waals surface area contributed by atoms with E-state index in [0.29, 0.717) is 6.54 Å². The number of ether oxygens (including phenoxy) is 1. The van der Waals surface area contributed by atoms with E-state index in [1.54, 1.807) is 0 Å². The molecule has 1 N–H and O–H groups in total. The summed E-state index contributed by atoms with van der Waals surface area (Å²) in [7, 11) is 4.01. The highest BCUT2D eigenvalue weighted by molar-refractivity contribution is 5.67. The Labute approximate surface area is 86.6 Å². The number of alkyl carbamates (subject to hydrolysis) is 1. The number of hydrogen-bond donors (Lipinski definition) is 1. The highest BCUT2D eigenvalue weighted by Gasteiger charge is 2.15. The lowest BCUT2D eigenvalue weighted by Crippen LogP contribution is -2.33. The quantitative estimate of drug-likeness (QED) is 0.702. The van der Waals surface area contributed by atoms with Crippen LogP contribution >= 0.6 is 0 Å². The fourth-order valence-electron chi connectivity index (χ4n) is 0.900. The highest BCUT2D eigenvalue weighted by atomic mass is 16.6. The lowest BCUT2D eigenvalue weighted by molar-refractivity contribution is 0.0526. The van der Waals surface area contributed by atoms with Crippen LogP contribution in [0.3, 0.4) is 0 Å². The van der Waals surface area contributed by atoms with Crippen molar-refractivity contribution < 1.29 is 9.53 Å². The summed E-state index contributed by atoms with van der Waals surface area (Å²) >= 11 is 0. The average Bonchev–Trinajstić information content (AvgIpc) is 1.94. The molecule has 1 amide bonds. The predicted octanol–water partition coefficient (Wildman–Crippen LogP) is 1.46. The molecule has 0 bridgehead atoms. The Morgan fingerprint density at radius 2 is 1.93 bits per heavy atom. The molecular weight excluding hydrogens is 180 g/mol. The molecule has 0 spiro atoms. The molecule has 0 aromatic rings. The largest absolute Gasteiger partial charge is 0.444 e. The maximum atomic E-state index is 11.2. The number of nitrogens with one attached hydrogen (secondary N) is 1. The third kappa shape index (κ3) is 9.32. The molecule has 0 aliphatic rings. The minimum absolute atomic E-state index is 0.337. The van der Waals surface area contributed by atoms with Crippen molar-refractivity contribution in [2.45, 2.75) is 32.8 Å². The van der Waals surface area contributed by atoms with Crippen LogP contribution in [0.1, 0.15) is 27.2 Å².